The first-order chi connectivity index (χ1) is 9.10. The lowest BCUT2D eigenvalue weighted by Gasteiger charge is -2.31. The molecule has 1 saturated carbocycles. The number of hydrogen-bond donors (Lipinski definition) is 2. The Bertz CT molecular complexity index is 447. The highest BCUT2D eigenvalue weighted by Crippen LogP contribution is 2.24. The van der Waals surface area contributed by atoms with Crippen molar-refractivity contribution in [3.05, 3.63) is 34.1 Å². The molecule has 2 atom stereocenters. The third-order valence-electron chi connectivity index (χ3n) is 3.65. The molecule has 0 aromatic heterocycles. The van der Waals surface area contributed by atoms with Crippen LogP contribution in [-0.4, -0.2) is 18.5 Å². The van der Waals surface area contributed by atoms with Crippen molar-refractivity contribution in [2.75, 3.05) is 6.54 Å². The zero-order valence-corrected chi connectivity index (χ0v) is 12.2. The van der Waals surface area contributed by atoms with E-state index < -0.39 is 5.82 Å². The lowest BCUT2D eigenvalue weighted by Crippen LogP contribution is -2.44. The molecule has 3 nitrogen and oxygen atoms in total. The number of nitrogens with two attached hydrogens (primary N) is 1. The van der Waals surface area contributed by atoms with Gasteiger partial charge in [0.2, 0.25) is 0 Å². The van der Waals surface area contributed by atoms with Gasteiger partial charge in [0, 0.05) is 16.1 Å². The molecule has 19 heavy (non-hydrogen) atoms. The van der Waals surface area contributed by atoms with Crippen LogP contribution < -0.4 is 11.1 Å². The standard InChI is InChI=1S/C14H18BrFN2O/c15-11-5-10(6-12(16)7-11)14(19)18-13-4-2-1-3-9(13)8-17/h5-7,9,13H,1-4,8,17H2,(H,18,19). The summed E-state index contributed by atoms with van der Waals surface area (Å²) >= 11 is 3.19. The van der Waals surface area contributed by atoms with E-state index in [1.165, 1.54) is 18.6 Å². The number of rotatable bonds is 3. The van der Waals surface area contributed by atoms with E-state index in [0.717, 1.165) is 19.3 Å². The summed E-state index contributed by atoms with van der Waals surface area (Å²) in [5.74, 6) is -0.321. The monoisotopic (exact) mass is 328 g/mol. The van der Waals surface area contributed by atoms with E-state index in [0.29, 0.717) is 22.5 Å². The van der Waals surface area contributed by atoms with Gasteiger partial charge in [0.25, 0.3) is 5.91 Å². The van der Waals surface area contributed by atoms with Crippen LogP contribution >= 0.6 is 15.9 Å². The second-order valence-corrected chi connectivity index (χ2v) is 5.93. The summed E-state index contributed by atoms with van der Waals surface area (Å²) < 4.78 is 13.8. The van der Waals surface area contributed by atoms with E-state index >= 15 is 0 Å². The van der Waals surface area contributed by atoms with Crippen molar-refractivity contribution in [1.29, 1.82) is 0 Å². The third kappa shape index (κ3) is 3.76. The molecule has 0 saturated heterocycles. The molecule has 104 valence electrons. The van der Waals surface area contributed by atoms with E-state index in [1.807, 2.05) is 0 Å². The fourth-order valence-corrected chi connectivity index (χ4v) is 3.08. The van der Waals surface area contributed by atoms with Crippen LogP contribution in [0.2, 0.25) is 0 Å². The zero-order chi connectivity index (χ0) is 13.8. The number of hydrogen-bond acceptors (Lipinski definition) is 2. The van der Waals surface area contributed by atoms with Gasteiger partial charge in [-0.2, -0.15) is 0 Å². The first-order valence-electron chi connectivity index (χ1n) is 6.57. The molecular formula is C14H18BrFN2O. The Kier molecular flexibility index (Phi) is 4.93. The number of amides is 1. The van der Waals surface area contributed by atoms with Crippen molar-refractivity contribution < 1.29 is 9.18 Å². The van der Waals surface area contributed by atoms with Crippen molar-refractivity contribution in [2.45, 2.75) is 31.7 Å². The van der Waals surface area contributed by atoms with Crippen LogP contribution in [0.4, 0.5) is 4.39 Å². The summed E-state index contributed by atoms with van der Waals surface area (Å²) in [5, 5.41) is 2.98. The van der Waals surface area contributed by atoms with Gasteiger partial charge in [-0.05, 0) is 43.5 Å². The first-order valence-corrected chi connectivity index (χ1v) is 7.36. The summed E-state index contributed by atoms with van der Waals surface area (Å²) in [7, 11) is 0. The molecule has 2 rings (SSSR count). The maximum atomic E-state index is 13.3. The van der Waals surface area contributed by atoms with Gasteiger partial charge in [0.1, 0.15) is 5.82 Å². The molecule has 1 aromatic rings. The van der Waals surface area contributed by atoms with Crippen molar-refractivity contribution >= 4 is 21.8 Å². The topological polar surface area (TPSA) is 55.1 Å². The maximum absolute atomic E-state index is 13.3. The van der Waals surface area contributed by atoms with E-state index in [-0.39, 0.29) is 11.9 Å². The highest BCUT2D eigenvalue weighted by Gasteiger charge is 2.25. The highest BCUT2D eigenvalue weighted by atomic mass is 79.9. The van der Waals surface area contributed by atoms with Crippen molar-refractivity contribution in [3.8, 4) is 0 Å². The van der Waals surface area contributed by atoms with Gasteiger partial charge in [-0.25, -0.2) is 4.39 Å². The SMILES string of the molecule is NCC1CCCCC1NC(=O)c1cc(F)cc(Br)c1. The summed E-state index contributed by atoms with van der Waals surface area (Å²) in [4.78, 5) is 12.1. The fourth-order valence-electron chi connectivity index (χ4n) is 2.62. The average Bonchev–Trinajstić information content (AvgIpc) is 2.38. The molecule has 0 aliphatic heterocycles. The van der Waals surface area contributed by atoms with E-state index in [2.05, 4.69) is 21.2 Å². The lowest BCUT2D eigenvalue weighted by atomic mass is 9.84. The van der Waals surface area contributed by atoms with Crippen molar-refractivity contribution in [1.82, 2.24) is 5.32 Å². The molecular weight excluding hydrogens is 311 g/mol. The number of benzene rings is 1. The van der Waals surface area contributed by atoms with E-state index in [1.54, 1.807) is 6.07 Å². The Morgan fingerprint density at radius 3 is 2.79 bits per heavy atom. The molecule has 1 aromatic carbocycles. The number of carbonyl (C=O) groups is 1. The van der Waals surface area contributed by atoms with E-state index in [4.69, 9.17) is 5.73 Å². The van der Waals surface area contributed by atoms with Crippen LogP contribution in [0.5, 0.6) is 0 Å². The van der Waals surface area contributed by atoms with Gasteiger partial charge in [-0.1, -0.05) is 28.8 Å². The quantitative estimate of drug-likeness (QED) is 0.896. The number of nitrogens with one attached hydrogen (secondary N) is 1. The van der Waals surface area contributed by atoms with Gasteiger partial charge < -0.3 is 11.1 Å². The number of carbonyl (C=O) groups excluding carboxylic acids is 1. The molecule has 1 aliphatic carbocycles. The molecule has 3 N–H and O–H groups in total. The molecule has 1 fully saturated rings. The second-order valence-electron chi connectivity index (χ2n) is 5.02. The molecule has 5 heteroatoms. The predicted octanol–water partition coefficient (Wildman–Crippen LogP) is 2.84. The Balaban J connectivity index is 2.07. The normalized spacial score (nSPS) is 23.1. The minimum absolute atomic E-state index is 0.105. The summed E-state index contributed by atoms with van der Waals surface area (Å²) in [5.41, 5.74) is 6.08. The van der Waals surface area contributed by atoms with Crippen LogP contribution in [0.25, 0.3) is 0 Å². The fraction of sp³-hybridized carbons (Fsp3) is 0.500. The molecule has 0 spiro atoms. The van der Waals surface area contributed by atoms with Crippen LogP contribution in [0.3, 0.4) is 0 Å². The maximum Gasteiger partial charge on any atom is 0.251 e. The molecule has 1 amide bonds. The van der Waals surface area contributed by atoms with Gasteiger partial charge in [0.15, 0.2) is 0 Å². The minimum Gasteiger partial charge on any atom is -0.349 e. The van der Waals surface area contributed by atoms with Crippen LogP contribution in [0, 0.1) is 11.7 Å². The second kappa shape index (κ2) is 6.48. The van der Waals surface area contributed by atoms with Gasteiger partial charge >= 0.3 is 0 Å². The van der Waals surface area contributed by atoms with Crippen LogP contribution in [-0.2, 0) is 0 Å². The summed E-state index contributed by atoms with van der Waals surface area (Å²) in [6.45, 7) is 0.581. The Morgan fingerprint density at radius 2 is 2.11 bits per heavy atom. The van der Waals surface area contributed by atoms with Gasteiger partial charge in [-0.3, -0.25) is 4.79 Å². The lowest BCUT2D eigenvalue weighted by molar-refractivity contribution is 0.0907. The molecule has 0 heterocycles. The van der Waals surface area contributed by atoms with Crippen molar-refractivity contribution in [2.24, 2.45) is 11.7 Å². The molecule has 2 unspecified atom stereocenters. The Hall–Kier alpha value is -0.940. The van der Waals surface area contributed by atoms with Crippen LogP contribution in [0.15, 0.2) is 22.7 Å². The summed E-state index contributed by atoms with van der Waals surface area (Å²) in [6, 6.07) is 4.31. The zero-order valence-electron chi connectivity index (χ0n) is 10.7. The predicted molar refractivity (Wildman–Crippen MR) is 76.4 cm³/mol. The van der Waals surface area contributed by atoms with Crippen molar-refractivity contribution in [3.63, 3.8) is 0 Å². The highest BCUT2D eigenvalue weighted by molar-refractivity contribution is 9.10. The minimum atomic E-state index is -0.418. The first kappa shape index (κ1) is 14.5. The number of halogens is 2. The van der Waals surface area contributed by atoms with Crippen LogP contribution in [0.1, 0.15) is 36.0 Å². The van der Waals surface area contributed by atoms with Gasteiger partial charge in [0.05, 0.1) is 0 Å². The summed E-state index contributed by atoms with van der Waals surface area (Å²) in [6.07, 6.45) is 4.27. The third-order valence-corrected chi connectivity index (χ3v) is 4.11. The van der Waals surface area contributed by atoms with Gasteiger partial charge in [-0.15, -0.1) is 0 Å². The molecule has 0 radical (unpaired) electrons. The molecule has 0 bridgehead atoms. The smallest absolute Gasteiger partial charge is 0.251 e. The Labute approximate surface area is 120 Å². The Morgan fingerprint density at radius 1 is 1.37 bits per heavy atom. The average molecular weight is 329 g/mol. The largest absolute Gasteiger partial charge is 0.349 e. The van der Waals surface area contributed by atoms with E-state index in [9.17, 15) is 9.18 Å². The molecule has 1 aliphatic rings.